The lowest BCUT2D eigenvalue weighted by Crippen LogP contribution is -2.54. The largest absolute Gasteiger partial charge is 0.486 e. The molecule has 2 atom stereocenters. The molecule has 2 aromatic carbocycles. The average Bonchev–Trinajstić information content (AvgIpc) is 3.34. The van der Waals surface area contributed by atoms with Gasteiger partial charge in [-0.2, -0.15) is 26.3 Å². The number of carbonyl (C=O) groups excluding carboxylic acids is 1. The number of fused-ring (bicyclic) bond motifs is 2. The normalized spacial score (nSPS) is 21.1. The van der Waals surface area contributed by atoms with Gasteiger partial charge >= 0.3 is 12.4 Å². The Morgan fingerprint density at radius 1 is 0.895 bits per heavy atom. The number of nitrogens with one attached hydrogen (secondary N) is 2. The molecule has 7 nitrogen and oxygen atoms in total. The Morgan fingerprint density at radius 3 is 2.26 bits per heavy atom. The van der Waals surface area contributed by atoms with Crippen molar-refractivity contribution in [1.82, 2.24) is 15.2 Å². The molecule has 0 saturated carbocycles. The van der Waals surface area contributed by atoms with E-state index < -0.39 is 41.1 Å². The van der Waals surface area contributed by atoms with Crippen LogP contribution in [0.5, 0.6) is 11.5 Å². The van der Waals surface area contributed by atoms with Gasteiger partial charge in [-0.1, -0.05) is 6.07 Å². The summed E-state index contributed by atoms with van der Waals surface area (Å²) in [6.07, 6.45) is -7.97. The topological polar surface area (TPSA) is 66.1 Å². The van der Waals surface area contributed by atoms with Crippen molar-refractivity contribution in [3.63, 3.8) is 0 Å². The number of alkyl halides is 6. The van der Waals surface area contributed by atoms with Crippen molar-refractivity contribution < 1.29 is 40.6 Å². The molecule has 1 amide bonds. The SMILES string of the molecule is O=C(NNc1cc(C(F)(F)F)cc(C(F)(F)F)c1)C(c1ccc2c(c1)OCCO2)N1CCN2CCC[C@@H]2C1. The Bertz CT molecular complexity index is 1160. The van der Waals surface area contributed by atoms with Crippen LogP contribution in [-0.4, -0.2) is 61.1 Å². The van der Waals surface area contributed by atoms with E-state index in [1.54, 1.807) is 18.2 Å². The van der Waals surface area contributed by atoms with E-state index in [1.807, 2.05) is 4.90 Å². The number of piperazine rings is 1. The Hall–Kier alpha value is -3.19. The molecule has 2 aromatic rings. The monoisotopic (exact) mass is 544 g/mol. The second-order valence-electron chi connectivity index (χ2n) is 9.54. The number of carbonyl (C=O) groups is 1. The lowest BCUT2D eigenvalue weighted by Gasteiger charge is -2.41. The number of nitrogens with zero attached hydrogens (tertiary/aromatic N) is 2. The molecule has 0 aliphatic carbocycles. The van der Waals surface area contributed by atoms with E-state index in [2.05, 4.69) is 15.8 Å². The molecule has 38 heavy (non-hydrogen) atoms. The van der Waals surface area contributed by atoms with E-state index in [0.29, 0.717) is 55.5 Å². The molecule has 2 fully saturated rings. The first-order valence-corrected chi connectivity index (χ1v) is 12.2. The van der Waals surface area contributed by atoms with Crippen molar-refractivity contribution in [3.05, 3.63) is 53.1 Å². The van der Waals surface area contributed by atoms with Gasteiger partial charge in [0.15, 0.2) is 11.5 Å². The fourth-order valence-corrected chi connectivity index (χ4v) is 5.24. The molecule has 5 rings (SSSR count). The Morgan fingerprint density at radius 2 is 1.58 bits per heavy atom. The van der Waals surface area contributed by atoms with Crippen molar-refractivity contribution in [1.29, 1.82) is 0 Å². The maximum Gasteiger partial charge on any atom is 0.416 e. The summed E-state index contributed by atoms with van der Waals surface area (Å²) in [7, 11) is 0. The van der Waals surface area contributed by atoms with Gasteiger partial charge in [0.05, 0.1) is 16.8 Å². The lowest BCUT2D eigenvalue weighted by molar-refractivity contribution is -0.143. The predicted octanol–water partition coefficient (Wildman–Crippen LogP) is 4.46. The van der Waals surface area contributed by atoms with Crippen LogP contribution >= 0.6 is 0 Å². The van der Waals surface area contributed by atoms with Crippen LogP contribution in [0, 0.1) is 0 Å². The molecule has 13 heteroatoms. The van der Waals surface area contributed by atoms with Gasteiger partial charge in [-0.05, 0) is 55.3 Å². The third kappa shape index (κ3) is 5.63. The number of benzene rings is 2. The van der Waals surface area contributed by atoms with Crippen molar-refractivity contribution >= 4 is 11.6 Å². The van der Waals surface area contributed by atoms with Gasteiger partial charge in [0.1, 0.15) is 19.3 Å². The molecule has 206 valence electrons. The van der Waals surface area contributed by atoms with Crippen LogP contribution in [0.25, 0.3) is 0 Å². The first kappa shape index (κ1) is 26.4. The zero-order valence-corrected chi connectivity index (χ0v) is 20.2. The van der Waals surface area contributed by atoms with Crippen LogP contribution in [0.2, 0.25) is 0 Å². The van der Waals surface area contributed by atoms with Crippen LogP contribution in [0.3, 0.4) is 0 Å². The minimum atomic E-state index is -5.00. The lowest BCUT2D eigenvalue weighted by atomic mass is 10.0. The molecule has 3 aliphatic heterocycles. The van der Waals surface area contributed by atoms with Crippen molar-refractivity contribution in [2.75, 3.05) is 44.8 Å². The van der Waals surface area contributed by atoms with Gasteiger partial charge in [-0.3, -0.25) is 25.4 Å². The van der Waals surface area contributed by atoms with E-state index in [1.165, 1.54) is 0 Å². The number of ether oxygens (including phenoxy) is 2. The summed E-state index contributed by atoms with van der Waals surface area (Å²) < 4.78 is 90.8. The fourth-order valence-electron chi connectivity index (χ4n) is 5.24. The molecule has 3 aliphatic rings. The number of halogens is 6. The number of hydrogen-bond acceptors (Lipinski definition) is 6. The highest BCUT2D eigenvalue weighted by Gasteiger charge is 2.39. The van der Waals surface area contributed by atoms with Crippen LogP contribution in [-0.2, 0) is 17.1 Å². The first-order valence-electron chi connectivity index (χ1n) is 12.2. The van der Waals surface area contributed by atoms with Crippen LogP contribution in [0.4, 0.5) is 32.0 Å². The summed E-state index contributed by atoms with van der Waals surface area (Å²) in [6.45, 7) is 3.61. The van der Waals surface area contributed by atoms with E-state index in [9.17, 15) is 31.1 Å². The number of hydrazine groups is 1. The molecule has 0 aromatic heterocycles. The Labute approximate surface area is 214 Å². The van der Waals surface area contributed by atoms with Crippen molar-refractivity contribution in [2.45, 2.75) is 37.3 Å². The highest BCUT2D eigenvalue weighted by molar-refractivity contribution is 5.84. The van der Waals surface area contributed by atoms with Crippen LogP contribution < -0.4 is 20.3 Å². The number of hydrogen-bond donors (Lipinski definition) is 2. The highest BCUT2D eigenvalue weighted by atomic mass is 19.4. The predicted molar refractivity (Wildman–Crippen MR) is 125 cm³/mol. The molecule has 2 saturated heterocycles. The summed E-state index contributed by atoms with van der Waals surface area (Å²) in [4.78, 5) is 17.8. The summed E-state index contributed by atoms with van der Waals surface area (Å²) in [5.74, 6) is 0.368. The maximum absolute atomic E-state index is 13.5. The second kappa shape index (κ2) is 10.2. The van der Waals surface area contributed by atoms with Crippen LogP contribution in [0.15, 0.2) is 36.4 Å². The molecular formula is C25H26F6N4O3. The maximum atomic E-state index is 13.5. The first-order chi connectivity index (χ1) is 18.0. The second-order valence-corrected chi connectivity index (χ2v) is 9.54. The van der Waals surface area contributed by atoms with Gasteiger partial charge in [0, 0.05) is 25.7 Å². The summed E-state index contributed by atoms with van der Waals surface area (Å²) in [5, 5.41) is 0. The molecule has 0 spiro atoms. The van der Waals surface area contributed by atoms with E-state index in [4.69, 9.17) is 9.47 Å². The van der Waals surface area contributed by atoms with Gasteiger partial charge in [0.25, 0.3) is 5.91 Å². The van der Waals surface area contributed by atoms with Gasteiger partial charge in [0.2, 0.25) is 0 Å². The smallest absolute Gasteiger partial charge is 0.416 e. The Kier molecular flexibility index (Phi) is 7.07. The molecule has 3 heterocycles. The molecular weight excluding hydrogens is 518 g/mol. The van der Waals surface area contributed by atoms with Crippen molar-refractivity contribution in [2.24, 2.45) is 0 Å². The molecule has 0 radical (unpaired) electrons. The third-order valence-corrected chi connectivity index (χ3v) is 7.03. The summed E-state index contributed by atoms with van der Waals surface area (Å²) in [6, 6.07) is 5.56. The fraction of sp³-hybridized carbons (Fsp3) is 0.480. The highest BCUT2D eigenvalue weighted by Crippen LogP contribution is 2.38. The third-order valence-electron chi connectivity index (χ3n) is 7.03. The standard InChI is InChI=1S/C25H26F6N4O3/c26-24(27,28)16-11-17(25(29,30)31)13-18(12-16)32-33-23(36)22(35-7-6-34-5-1-2-19(34)14-35)15-3-4-20-21(10-15)38-9-8-37-20/h3-4,10-13,19,22,32H,1-2,5-9,14H2,(H,33,36)/t19-,22?/m1/s1. The molecule has 2 N–H and O–H groups in total. The zero-order chi connectivity index (χ0) is 27.1. The minimum Gasteiger partial charge on any atom is -0.486 e. The number of rotatable bonds is 5. The quantitative estimate of drug-likeness (QED) is 0.428. The molecule has 0 bridgehead atoms. The zero-order valence-electron chi connectivity index (χ0n) is 20.2. The Balaban J connectivity index is 1.41. The minimum absolute atomic E-state index is 0.0338. The van der Waals surface area contributed by atoms with E-state index in [-0.39, 0.29) is 12.1 Å². The number of anilines is 1. The van der Waals surface area contributed by atoms with Gasteiger partial charge < -0.3 is 9.47 Å². The van der Waals surface area contributed by atoms with Gasteiger partial charge in [-0.15, -0.1) is 0 Å². The summed E-state index contributed by atoms with van der Waals surface area (Å²) >= 11 is 0. The van der Waals surface area contributed by atoms with E-state index >= 15 is 0 Å². The van der Waals surface area contributed by atoms with E-state index in [0.717, 1.165) is 25.9 Å². The number of amides is 1. The summed E-state index contributed by atoms with van der Waals surface area (Å²) in [5.41, 5.74) is 1.68. The van der Waals surface area contributed by atoms with Gasteiger partial charge in [-0.25, -0.2) is 0 Å². The molecule has 1 unspecified atom stereocenters. The average molecular weight is 544 g/mol. The van der Waals surface area contributed by atoms with Crippen LogP contribution in [0.1, 0.15) is 35.6 Å². The van der Waals surface area contributed by atoms with Crippen molar-refractivity contribution in [3.8, 4) is 11.5 Å².